The summed E-state index contributed by atoms with van der Waals surface area (Å²) in [6.45, 7) is 4.98. The van der Waals surface area contributed by atoms with Gasteiger partial charge in [-0.1, -0.05) is 26.0 Å². The predicted octanol–water partition coefficient (Wildman–Crippen LogP) is 5.29. The zero-order valence-corrected chi connectivity index (χ0v) is 22.2. The van der Waals surface area contributed by atoms with Gasteiger partial charge in [0.15, 0.2) is 6.29 Å². The van der Waals surface area contributed by atoms with Crippen LogP contribution in [0.15, 0.2) is 42.5 Å². The van der Waals surface area contributed by atoms with Crippen LogP contribution in [-0.2, 0) is 20.8 Å². The molecule has 5 rings (SSSR count). The minimum atomic E-state index is -0.677. The lowest BCUT2D eigenvalue weighted by atomic mass is 9.46. The topological polar surface area (TPSA) is 77.0 Å². The molecule has 6 nitrogen and oxygen atoms in total. The van der Waals surface area contributed by atoms with Crippen LogP contribution in [0.4, 0.5) is 8.78 Å². The molecule has 1 aliphatic heterocycles. The first kappa shape index (κ1) is 27.0. The molecule has 8 heteroatoms. The van der Waals surface area contributed by atoms with E-state index < -0.39 is 24.0 Å². The van der Waals surface area contributed by atoms with Gasteiger partial charge in [0.25, 0.3) is 0 Å². The van der Waals surface area contributed by atoms with E-state index in [4.69, 9.17) is 14.2 Å². The second kappa shape index (κ2) is 10.5. The third-order valence-corrected chi connectivity index (χ3v) is 9.37. The number of carbonyl (C=O) groups is 1. The molecule has 2 aromatic rings. The van der Waals surface area contributed by atoms with Crippen LogP contribution in [0.1, 0.15) is 63.4 Å². The minimum absolute atomic E-state index is 0.00835. The van der Waals surface area contributed by atoms with E-state index in [9.17, 15) is 18.7 Å². The number of rotatable bonds is 6. The summed E-state index contributed by atoms with van der Waals surface area (Å²) in [5.74, 6) is -0.830. The van der Waals surface area contributed by atoms with Crippen molar-refractivity contribution in [3.05, 3.63) is 65.2 Å². The quantitative estimate of drug-likeness (QED) is 0.532. The van der Waals surface area contributed by atoms with Crippen LogP contribution in [0.25, 0.3) is 0 Å². The third kappa shape index (κ3) is 5.06. The lowest BCUT2D eigenvalue weighted by Gasteiger charge is -2.63. The molecular formula is C30H37F2NO5. The fraction of sp³-hybridized carbons (Fsp3) is 0.567. The Kier molecular flexibility index (Phi) is 7.50. The van der Waals surface area contributed by atoms with Gasteiger partial charge in [-0.05, 0) is 72.8 Å². The average molecular weight is 530 g/mol. The number of hydrogen-bond donors (Lipinski definition) is 2. The maximum atomic E-state index is 13.5. The van der Waals surface area contributed by atoms with Crippen molar-refractivity contribution in [3.8, 4) is 5.75 Å². The first-order chi connectivity index (χ1) is 18.1. The number of halogens is 2. The summed E-state index contributed by atoms with van der Waals surface area (Å²) in [5, 5.41) is 13.8. The molecule has 1 amide bonds. The molecule has 0 aromatic heterocycles. The molecule has 38 heavy (non-hydrogen) atoms. The number of methoxy groups -OCH3 is 1. The summed E-state index contributed by atoms with van der Waals surface area (Å²) < 4.78 is 45.1. The van der Waals surface area contributed by atoms with Crippen molar-refractivity contribution in [2.24, 2.45) is 22.7 Å². The molecular weight excluding hydrogens is 492 g/mol. The molecule has 2 N–H and O–H groups in total. The molecule has 0 bridgehead atoms. The van der Waals surface area contributed by atoms with Crippen LogP contribution in [0.5, 0.6) is 5.75 Å². The first-order valence-electron chi connectivity index (χ1n) is 13.4. The Bertz CT molecular complexity index is 1140. The van der Waals surface area contributed by atoms with Crippen LogP contribution < -0.4 is 10.1 Å². The van der Waals surface area contributed by atoms with Crippen molar-refractivity contribution < 1.29 is 32.9 Å². The molecule has 2 aliphatic carbocycles. The number of aliphatic hydroxyl groups is 1. The Labute approximate surface area is 222 Å². The maximum absolute atomic E-state index is 13.5. The summed E-state index contributed by atoms with van der Waals surface area (Å²) in [6, 6.07) is 10.9. The number of fused-ring (bicyclic) bond motifs is 3. The molecule has 2 saturated carbocycles. The molecule has 3 fully saturated rings. The zero-order chi connectivity index (χ0) is 27.1. The standard InChI is InChI=1S/C30H37F2NO5/c1-29-11-10-26-30(2,17-37-28(38-26)19-4-6-22(36-3)7-5-19)25(29)9-8-24(34)23(29)15-27(35)33-16-18-12-20(31)14-21(32)13-18/h4-7,12-14,23-26,28,34H,8-11,15-17H2,1-3H3,(H,33,35). The van der Waals surface area contributed by atoms with E-state index >= 15 is 0 Å². The van der Waals surface area contributed by atoms with Gasteiger partial charge >= 0.3 is 0 Å². The highest BCUT2D eigenvalue weighted by atomic mass is 19.1. The molecule has 1 heterocycles. The van der Waals surface area contributed by atoms with Gasteiger partial charge in [0.1, 0.15) is 17.4 Å². The van der Waals surface area contributed by atoms with Crippen molar-refractivity contribution in [3.63, 3.8) is 0 Å². The first-order valence-corrected chi connectivity index (χ1v) is 13.4. The number of aliphatic hydroxyl groups excluding tert-OH is 1. The molecule has 0 radical (unpaired) electrons. The number of amides is 1. The molecule has 2 aromatic carbocycles. The van der Waals surface area contributed by atoms with Crippen LogP contribution in [-0.4, -0.2) is 36.9 Å². The SMILES string of the molecule is COc1ccc(C2OCC3(C)C(CCC4(C)C(CC(=O)NCc5cc(F)cc(F)c5)C(O)CCC34)O2)cc1. The molecule has 7 unspecified atom stereocenters. The smallest absolute Gasteiger partial charge is 0.220 e. The van der Waals surface area contributed by atoms with Crippen LogP contribution in [0.3, 0.4) is 0 Å². The van der Waals surface area contributed by atoms with E-state index in [1.165, 1.54) is 12.1 Å². The number of benzene rings is 2. The maximum Gasteiger partial charge on any atom is 0.220 e. The van der Waals surface area contributed by atoms with Crippen molar-refractivity contribution in [1.29, 1.82) is 0 Å². The molecule has 7 atom stereocenters. The zero-order valence-electron chi connectivity index (χ0n) is 22.2. The van der Waals surface area contributed by atoms with E-state index in [1.807, 2.05) is 24.3 Å². The Balaban J connectivity index is 1.27. The van der Waals surface area contributed by atoms with Gasteiger partial charge in [0.2, 0.25) is 5.91 Å². The van der Waals surface area contributed by atoms with Gasteiger partial charge in [-0.15, -0.1) is 0 Å². The van der Waals surface area contributed by atoms with Crippen molar-refractivity contribution in [2.75, 3.05) is 13.7 Å². The van der Waals surface area contributed by atoms with Crippen molar-refractivity contribution in [1.82, 2.24) is 5.32 Å². The van der Waals surface area contributed by atoms with Gasteiger partial charge in [-0.3, -0.25) is 4.79 Å². The number of hydrogen-bond acceptors (Lipinski definition) is 5. The van der Waals surface area contributed by atoms with Gasteiger partial charge in [-0.2, -0.15) is 0 Å². The predicted molar refractivity (Wildman–Crippen MR) is 137 cm³/mol. The number of ether oxygens (including phenoxy) is 3. The van der Waals surface area contributed by atoms with Gasteiger partial charge < -0.3 is 24.6 Å². The van der Waals surface area contributed by atoms with E-state index in [1.54, 1.807) is 7.11 Å². The van der Waals surface area contributed by atoms with E-state index in [0.29, 0.717) is 18.6 Å². The van der Waals surface area contributed by atoms with Crippen molar-refractivity contribution in [2.45, 2.75) is 71.0 Å². The van der Waals surface area contributed by atoms with Gasteiger partial charge in [0.05, 0.1) is 25.9 Å². The Morgan fingerprint density at radius 1 is 1.08 bits per heavy atom. The summed E-state index contributed by atoms with van der Waals surface area (Å²) in [5.41, 5.74) is 0.794. The van der Waals surface area contributed by atoms with E-state index in [-0.39, 0.29) is 47.6 Å². The second-order valence-electron chi connectivity index (χ2n) is 11.7. The molecule has 3 aliphatic rings. The summed E-state index contributed by atoms with van der Waals surface area (Å²) in [7, 11) is 1.64. The Hall–Kier alpha value is -2.55. The van der Waals surface area contributed by atoms with E-state index in [2.05, 4.69) is 19.2 Å². The summed E-state index contributed by atoms with van der Waals surface area (Å²) >= 11 is 0. The fourth-order valence-corrected chi connectivity index (χ4v) is 7.36. The Morgan fingerprint density at radius 3 is 2.47 bits per heavy atom. The second-order valence-corrected chi connectivity index (χ2v) is 11.7. The van der Waals surface area contributed by atoms with Crippen LogP contribution in [0, 0.1) is 34.3 Å². The highest BCUT2D eigenvalue weighted by Gasteiger charge is 2.61. The summed E-state index contributed by atoms with van der Waals surface area (Å²) in [6.07, 6.45) is 2.22. The largest absolute Gasteiger partial charge is 0.497 e. The fourth-order valence-electron chi connectivity index (χ4n) is 7.36. The molecule has 1 saturated heterocycles. The highest BCUT2D eigenvalue weighted by Crippen LogP contribution is 2.63. The minimum Gasteiger partial charge on any atom is -0.497 e. The van der Waals surface area contributed by atoms with Crippen LogP contribution in [0.2, 0.25) is 0 Å². The lowest BCUT2D eigenvalue weighted by Crippen LogP contribution is -2.62. The monoisotopic (exact) mass is 529 g/mol. The highest BCUT2D eigenvalue weighted by molar-refractivity contribution is 5.76. The van der Waals surface area contributed by atoms with Crippen LogP contribution >= 0.6 is 0 Å². The van der Waals surface area contributed by atoms with Crippen molar-refractivity contribution >= 4 is 5.91 Å². The summed E-state index contributed by atoms with van der Waals surface area (Å²) in [4.78, 5) is 13.0. The van der Waals surface area contributed by atoms with Gasteiger partial charge in [-0.25, -0.2) is 8.78 Å². The molecule has 0 spiro atoms. The van der Waals surface area contributed by atoms with Gasteiger partial charge in [0, 0.05) is 30.0 Å². The average Bonchev–Trinajstić information content (AvgIpc) is 2.88. The lowest BCUT2D eigenvalue weighted by molar-refractivity contribution is -0.312. The van der Waals surface area contributed by atoms with E-state index in [0.717, 1.165) is 36.6 Å². The number of nitrogens with one attached hydrogen (secondary N) is 1. The Morgan fingerprint density at radius 2 is 1.79 bits per heavy atom. The third-order valence-electron chi connectivity index (χ3n) is 9.37. The number of carbonyl (C=O) groups excluding carboxylic acids is 1. The normalized spacial score (nSPS) is 34.6. The molecule has 206 valence electrons.